The van der Waals surface area contributed by atoms with Gasteiger partial charge in [-0.15, -0.1) is 0 Å². The first-order chi connectivity index (χ1) is 7.55. The summed E-state index contributed by atoms with van der Waals surface area (Å²) in [5, 5.41) is 3.39. The van der Waals surface area contributed by atoms with Crippen molar-refractivity contribution in [1.82, 2.24) is 14.8 Å². The molecule has 2 aromatic heterocycles. The highest BCUT2D eigenvalue weighted by Gasteiger charge is 2.33. The van der Waals surface area contributed by atoms with Gasteiger partial charge < -0.3 is 0 Å². The molecule has 0 spiro atoms. The van der Waals surface area contributed by atoms with Crippen molar-refractivity contribution in [2.24, 2.45) is 0 Å². The second kappa shape index (κ2) is 3.96. The van der Waals surface area contributed by atoms with Crippen molar-refractivity contribution >= 4 is 0 Å². The van der Waals surface area contributed by atoms with Gasteiger partial charge in [-0.25, -0.2) is 0 Å². The van der Waals surface area contributed by atoms with Gasteiger partial charge in [0.1, 0.15) is 0 Å². The first-order valence-electron chi connectivity index (χ1n) is 4.47. The summed E-state index contributed by atoms with van der Waals surface area (Å²) in [6.07, 6.45) is -0.0925. The van der Waals surface area contributed by atoms with Gasteiger partial charge in [0.05, 0.1) is 6.54 Å². The Kier molecular flexibility index (Phi) is 2.64. The fraction of sp³-hybridized carbons (Fsp3) is 0.200. The highest BCUT2D eigenvalue weighted by molar-refractivity contribution is 5.10. The van der Waals surface area contributed by atoms with Crippen molar-refractivity contribution in [3.8, 4) is 0 Å². The van der Waals surface area contributed by atoms with Crippen LogP contribution < -0.4 is 0 Å². The number of halogens is 3. The summed E-state index contributed by atoms with van der Waals surface area (Å²) in [7, 11) is 0. The average Bonchev–Trinajstić information content (AvgIpc) is 2.67. The lowest BCUT2D eigenvalue weighted by molar-refractivity contribution is -0.141. The van der Waals surface area contributed by atoms with Crippen molar-refractivity contribution in [3.63, 3.8) is 0 Å². The van der Waals surface area contributed by atoms with Gasteiger partial charge in [-0.3, -0.25) is 9.67 Å². The summed E-state index contributed by atoms with van der Waals surface area (Å²) in [5.41, 5.74) is -0.218. The number of aromatic nitrogens is 3. The van der Waals surface area contributed by atoms with E-state index in [1.165, 1.54) is 10.9 Å². The van der Waals surface area contributed by atoms with E-state index in [1.807, 2.05) is 0 Å². The third-order valence-electron chi connectivity index (χ3n) is 1.91. The quantitative estimate of drug-likeness (QED) is 0.785. The molecule has 0 bridgehead atoms. The van der Waals surface area contributed by atoms with Crippen LogP contribution in [0.1, 0.15) is 11.3 Å². The van der Waals surface area contributed by atoms with E-state index >= 15 is 0 Å². The molecule has 0 aliphatic rings. The zero-order valence-electron chi connectivity index (χ0n) is 8.07. The molecular formula is C10H7F3N3. The Hall–Kier alpha value is -1.85. The summed E-state index contributed by atoms with van der Waals surface area (Å²) >= 11 is 0. The molecule has 0 saturated carbocycles. The van der Waals surface area contributed by atoms with Gasteiger partial charge in [0.25, 0.3) is 0 Å². The van der Waals surface area contributed by atoms with Gasteiger partial charge in [-0.1, -0.05) is 6.07 Å². The van der Waals surface area contributed by atoms with Gasteiger partial charge in [0, 0.05) is 24.7 Å². The number of hydrogen-bond acceptors (Lipinski definition) is 2. The number of pyridine rings is 1. The molecule has 0 atom stereocenters. The fourth-order valence-electron chi connectivity index (χ4n) is 1.22. The van der Waals surface area contributed by atoms with Crippen LogP contribution in [0.15, 0.2) is 30.7 Å². The van der Waals surface area contributed by atoms with Gasteiger partial charge in [0.2, 0.25) is 0 Å². The van der Waals surface area contributed by atoms with Crippen LogP contribution >= 0.6 is 0 Å². The Morgan fingerprint density at radius 1 is 1.38 bits per heavy atom. The van der Waals surface area contributed by atoms with Gasteiger partial charge in [-0.05, 0) is 11.6 Å². The van der Waals surface area contributed by atoms with Crippen LogP contribution in [-0.2, 0) is 12.7 Å². The Balaban J connectivity index is 2.15. The van der Waals surface area contributed by atoms with Crippen molar-refractivity contribution < 1.29 is 13.2 Å². The van der Waals surface area contributed by atoms with Gasteiger partial charge in [-0.2, -0.15) is 18.3 Å². The molecule has 0 aromatic carbocycles. The summed E-state index contributed by atoms with van der Waals surface area (Å²) in [4.78, 5) is 3.86. The summed E-state index contributed by atoms with van der Waals surface area (Å²) in [6, 6.07) is 5.55. The predicted octanol–water partition coefficient (Wildman–Crippen LogP) is 2.15. The van der Waals surface area contributed by atoms with Crippen LogP contribution in [0.25, 0.3) is 0 Å². The Labute approximate surface area is 89.5 Å². The molecule has 3 nitrogen and oxygen atoms in total. The Morgan fingerprint density at radius 2 is 2.19 bits per heavy atom. The van der Waals surface area contributed by atoms with Gasteiger partial charge in [0.15, 0.2) is 5.69 Å². The second-order valence-electron chi connectivity index (χ2n) is 3.18. The molecule has 0 saturated heterocycles. The predicted molar refractivity (Wildman–Crippen MR) is 49.4 cm³/mol. The average molecular weight is 226 g/mol. The molecule has 2 rings (SSSR count). The summed E-state index contributed by atoms with van der Waals surface area (Å²) in [6.45, 7) is 0.250. The Bertz CT molecular complexity index is 462. The molecule has 0 unspecified atom stereocenters. The number of alkyl halides is 3. The van der Waals surface area contributed by atoms with E-state index in [0.717, 1.165) is 5.56 Å². The number of nitrogens with zero attached hydrogens (tertiary/aromatic N) is 3. The highest BCUT2D eigenvalue weighted by Crippen LogP contribution is 2.26. The van der Waals surface area contributed by atoms with Crippen molar-refractivity contribution in [2.45, 2.75) is 12.7 Å². The van der Waals surface area contributed by atoms with Crippen LogP contribution in [0.2, 0.25) is 0 Å². The number of hydrogen-bond donors (Lipinski definition) is 0. The van der Waals surface area contributed by atoms with E-state index in [9.17, 15) is 13.2 Å². The summed E-state index contributed by atoms with van der Waals surface area (Å²) in [5.74, 6) is 0. The van der Waals surface area contributed by atoms with Crippen LogP contribution in [-0.4, -0.2) is 14.8 Å². The molecule has 16 heavy (non-hydrogen) atoms. The maximum absolute atomic E-state index is 12.2. The minimum absolute atomic E-state index is 0.250. The Morgan fingerprint density at radius 3 is 2.75 bits per heavy atom. The molecule has 0 N–H and O–H groups in total. The lowest BCUT2D eigenvalue weighted by Crippen LogP contribution is -2.08. The maximum Gasteiger partial charge on any atom is 0.435 e. The van der Waals surface area contributed by atoms with E-state index in [-0.39, 0.29) is 6.54 Å². The molecule has 6 heteroatoms. The molecule has 0 aliphatic heterocycles. The molecule has 1 radical (unpaired) electrons. The first-order valence-corrected chi connectivity index (χ1v) is 4.47. The van der Waals surface area contributed by atoms with Crippen molar-refractivity contribution in [1.29, 1.82) is 0 Å². The normalized spacial score (nSPS) is 11.7. The lowest BCUT2D eigenvalue weighted by Gasteiger charge is -2.02. The minimum atomic E-state index is -4.44. The molecule has 2 heterocycles. The van der Waals surface area contributed by atoms with E-state index < -0.39 is 11.9 Å². The highest BCUT2D eigenvalue weighted by atomic mass is 19.4. The monoisotopic (exact) mass is 226 g/mol. The zero-order chi connectivity index (χ0) is 11.6. The SMILES string of the molecule is FC(F)(F)c1[c]cn(Cc2cccnc2)n1. The van der Waals surface area contributed by atoms with E-state index in [4.69, 9.17) is 0 Å². The van der Waals surface area contributed by atoms with Gasteiger partial charge >= 0.3 is 6.18 Å². The summed E-state index contributed by atoms with van der Waals surface area (Å²) < 4.78 is 37.8. The van der Waals surface area contributed by atoms with Crippen molar-refractivity contribution in [2.75, 3.05) is 0 Å². The molecular weight excluding hydrogens is 219 g/mol. The second-order valence-corrected chi connectivity index (χ2v) is 3.18. The molecule has 83 valence electrons. The van der Waals surface area contributed by atoms with Crippen LogP contribution in [0.5, 0.6) is 0 Å². The fourth-order valence-corrected chi connectivity index (χ4v) is 1.22. The van der Waals surface area contributed by atoms with Crippen LogP contribution in [0.4, 0.5) is 13.2 Å². The van der Waals surface area contributed by atoms with Crippen LogP contribution in [0, 0.1) is 6.07 Å². The lowest BCUT2D eigenvalue weighted by atomic mass is 10.3. The smallest absolute Gasteiger partial charge is 0.267 e. The largest absolute Gasteiger partial charge is 0.435 e. The van der Waals surface area contributed by atoms with Crippen molar-refractivity contribution in [3.05, 3.63) is 48.0 Å². The zero-order valence-corrected chi connectivity index (χ0v) is 8.07. The maximum atomic E-state index is 12.2. The number of rotatable bonds is 2. The molecule has 2 aromatic rings. The molecule has 0 fully saturated rings. The first kappa shape index (κ1) is 10.7. The van der Waals surface area contributed by atoms with E-state index in [1.54, 1.807) is 24.5 Å². The topological polar surface area (TPSA) is 30.7 Å². The standard InChI is InChI=1S/C10H7F3N3/c11-10(12,13)9-3-5-16(15-9)7-8-2-1-4-14-6-8/h1-2,4-6H,7H2. The van der Waals surface area contributed by atoms with Crippen LogP contribution in [0.3, 0.4) is 0 Å². The third-order valence-corrected chi connectivity index (χ3v) is 1.91. The third kappa shape index (κ3) is 2.39. The minimum Gasteiger partial charge on any atom is -0.267 e. The molecule has 0 aliphatic carbocycles. The van der Waals surface area contributed by atoms with E-state index in [0.29, 0.717) is 0 Å². The molecule has 0 amide bonds. The van der Waals surface area contributed by atoms with E-state index in [2.05, 4.69) is 16.1 Å².